The summed E-state index contributed by atoms with van der Waals surface area (Å²) in [5, 5.41) is 6.92. The Kier molecular flexibility index (Phi) is 12.7. The van der Waals surface area contributed by atoms with E-state index >= 15 is 0 Å². The van der Waals surface area contributed by atoms with Crippen LogP contribution in [0.2, 0.25) is 0 Å². The molecule has 2 aromatic carbocycles. The van der Waals surface area contributed by atoms with Gasteiger partial charge < -0.3 is 20.1 Å². The molecule has 0 radical (unpaired) electrons. The minimum atomic E-state index is 0. The molecule has 0 aliphatic carbocycles. The molecule has 0 aromatic heterocycles. The van der Waals surface area contributed by atoms with Crippen molar-refractivity contribution in [2.24, 2.45) is 10.9 Å². The Morgan fingerprint density at radius 1 is 1.06 bits per heavy atom. The highest BCUT2D eigenvalue weighted by molar-refractivity contribution is 14.0. The highest BCUT2D eigenvalue weighted by Gasteiger charge is 2.27. The maximum Gasteiger partial charge on any atom is 0.190 e. The molecule has 5 nitrogen and oxygen atoms in total. The van der Waals surface area contributed by atoms with Gasteiger partial charge in [-0.25, -0.2) is 0 Å². The normalized spacial score (nSPS) is 18.6. The van der Waals surface area contributed by atoms with Crippen LogP contribution in [-0.2, 0) is 16.1 Å². The predicted octanol–water partition coefficient (Wildman–Crippen LogP) is 5.24. The number of ether oxygens (including phenoxy) is 2. The van der Waals surface area contributed by atoms with Gasteiger partial charge in [-0.2, -0.15) is 0 Å². The number of nitrogens with one attached hydrogen (secondary N) is 2. The quantitative estimate of drug-likeness (QED) is 0.184. The minimum absolute atomic E-state index is 0. The number of hydrogen-bond acceptors (Lipinski definition) is 3. The summed E-state index contributed by atoms with van der Waals surface area (Å²) in [5.74, 6) is 1.31. The van der Waals surface area contributed by atoms with Crippen LogP contribution in [-0.4, -0.2) is 39.3 Å². The Labute approximate surface area is 210 Å². The first-order chi connectivity index (χ1) is 15.3. The molecule has 2 unspecified atom stereocenters. The van der Waals surface area contributed by atoms with Gasteiger partial charge in [0.05, 0.1) is 12.7 Å². The Morgan fingerprint density at radius 3 is 2.59 bits per heavy atom. The maximum atomic E-state index is 6.14. The zero-order chi connectivity index (χ0) is 21.7. The lowest BCUT2D eigenvalue weighted by atomic mass is 9.89. The lowest BCUT2D eigenvalue weighted by Gasteiger charge is -2.32. The van der Waals surface area contributed by atoms with Crippen molar-refractivity contribution in [1.82, 2.24) is 10.6 Å². The van der Waals surface area contributed by atoms with Gasteiger partial charge in [0, 0.05) is 39.3 Å². The summed E-state index contributed by atoms with van der Waals surface area (Å²) in [4.78, 5) is 4.38. The van der Waals surface area contributed by atoms with Gasteiger partial charge in [0.2, 0.25) is 0 Å². The lowest BCUT2D eigenvalue weighted by Crippen LogP contribution is -2.42. The Hall–Kier alpha value is -1.64. The molecular formula is C26H38IN3O2. The molecule has 2 N–H and O–H groups in total. The third-order valence-corrected chi connectivity index (χ3v) is 5.73. The topological polar surface area (TPSA) is 54.9 Å². The second kappa shape index (κ2) is 15.2. The number of unbranched alkanes of at least 4 members (excludes halogenated alkanes) is 1. The SMILES string of the molecule is CN=C(NCCCCOCc1ccccc1)NCC1CCCOC1c1ccc(C)cc1.I. The van der Waals surface area contributed by atoms with Crippen molar-refractivity contribution in [3.8, 4) is 0 Å². The van der Waals surface area contributed by atoms with E-state index in [4.69, 9.17) is 9.47 Å². The molecule has 0 spiro atoms. The van der Waals surface area contributed by atoms with Gasteiger partial charge in [0.1, 0.15) is 0 Å². The molecule has 0 amide bonds. The zero-order valence-electron chi connectivity index (χ0n) is 19.4. The van der Waals surface area contributed by atoms with Crippen LogP contribution in [0.1, 0.15) is 48.5 Å². The largest absolute Gasteiger partial charge is 0.377 e. The smallest absolute Gasteiger partial charge is 0.190 e. The number of hydrogen-bond donors (Lipinski definition) is 2. The average Bonchev–Trinajstić information content (AvgIpc) is 2.82. The Morgan fingerprint density at radius 2 is 1.84 bits per heavy atom. The molecule has 1 fully saturated rings. The molecule has 0 saturated carbocycles. The lowest BCUT2D eigenvalue weighted by molar-refractivity contribution is -0.0265. The maximum absolute atomic E-state index is 6.14. The number of aryl methyl sites for hydroxylation is 1. The average molecular weight is 552 g/mol. The van der Waals surface area contributed by atoms with E-state index in [1.54, 1.807) is 0 Å². The third kappa shape index (κ3) is 9.08. The number of guanidine groups is 1. The van der Waals surface area contributed by atoms with Gasteiger partial charge in [0.15, 0.2) is 5.96 Å². The molecule has 32 heavy (non-hydrogen) atoms. The van der Waals surface area contributed by atoms with E-state index in [2.05, 4.69) is 58.9 Å². The van der Waals surface area contributed by atoms with E-state index in [1.807, 2.05) is 25.2 Å². The van der Waals surface area contributed by atoms with Crippen LogP contribution in [0.25, 0.3) is 0 Å². The Balaban J connectivity index is 0.00000363. The standard InChI is InChI=1S/C26H37N3O2.HI/c1-21-12-14-23(15-13-21)25-24(11-8-18-31-25)19-29-26(27-2)28-16-6-7-17-30-20-22-9-4-3-5-10-22;/h3-5,9-10,12-15,24-25H,6-8,11,16-20H2,1-2H3,(H2,27,28,29);1H. The van der Waals surface area contributed by atoms with E-state index in [9.17, 15) is 0 Å². The molecule has 2 atom stereocenters. The van der Waals surface area contributed by atoms with Crippen molar-refractivity contribution in [1.29, 1.82) is 0 Å². The summed E-state index contributed by atoms with van der Waals surface area (Å²) in [6, 6.07) is 19.0. The summed E-state index contributed by atoms with van der Waals surface area (Å²) in [6.07, 6.45) is 4.52. The number of aliphatic imine (C=N–C) groups is 1. The number of rotatable bonds is 10. The van der Waals surface area contributed by atoms with E-state index < -0.39 is 0 Å². The van der Waals surface area contributed by atoms with Crippen molar-refractivity contribution < 1.29 is 9.47 Å². The highest BCUT2D eigenvalue weighted by Crippen LogP contribution is 2.33. The van der Waals surface area contributed by atoms with E-state index in [-0.39, 0.29) is 30.1 Å². The fourth-order valence-electron chi connectivity index (χ4n) is 3.93. The predicted molar refractivity (Wildman–Crippen MR) is 143 cm³/mol. The van der Waals surface area contributed by atoms with Gasteiger partial charge in [0.25, 0.3) is 0 Å². The fourth-order valence-corrected chi connectivity index (χ4v) is 3.93. The summed E-state index contributed by atoms with van der Waals surface area (Å²) in [6.45, 7) is 6.17. The monoisotopic (exact) mass is 551 g/mol. The van der Waals surface area contributed by atoms with Crippen LogP contribution in [0.15, 0.2) is 59.6 Å². The molecule has 1 aliphatic heterocycles. The molecule has 1 aliphatic rings. The molecule has 176 valence electrons. The highest BCUT2D eigenvalue weighted by atomic mass is 127. The summed E-state index contributed by atoms with van der Waals surface area (Å²) >= 11 is 0. The van der Waals surface area contributed by atoms with Crippen molar-refractivity contribution >= 4 is 29.9 Å². The van der Waals surface area contributed by atoms with Crippen LogP contribution < -0.4 is 10.6 Å². The first kappa shape index (κ1) is 26.6. The van der Waals surface area contributed by atoms with Gasteiger partial charge in [-0.15, -0.1) is 24.0 Å². The van der Waals surface area contributed by atoms with Crippen LogP contribution >= 0.6 is 24.0 Å². The molecule has 6 heteroatoms. The summed E-state index contributed by atoms with van der Waals surface area (Å²) in [7, 11) is 1.83. The minimum Gasteiger partial charge on any atom is -0.377 e. The van der Waals surface area contributed by atoms with E-state index in [1.165, 1.54) is 23.1 Å². The summed E-state index contributed by atoms with van der Waals surface area (Å²) < 4.78 is 11.9. The molecule has 2 aromatic rings. The second-order valence-corrected chi connectivity index (χ2v) is 8.23. The molecule has 1 heterocycles. The van der Waals surface area contributed by atoms with Crippen molar-refractivity contribution in [3.05, 3.63) is 71.3 Å². The molecule has 1 saturated heterocycles. The first-order valence-electron chi connectivity index (χ1n) is 11.5. The third-order valence-electron chi connectivity index (χ3n) is 5.73. The summed E-state index contributed by atoms with van der Waals surface area (Å²) in [5.41, 5.74) is 3.78. The zero-order valence-corrected chi connectivity index (χ0v) is 21.7. The van der Waals surface area contributed by atoms with Crippen molar-refractivity contribution in [3.63, 3.8) is 0 Å². The molecular weight excluding hydrogens is 513 g/mol. The fraction of sp³-hybridized carbons (Fsp3) is 0.500. The second-order valence-electron chi connectivity index (χ2n) is 8.23. The van der Waals surface area contributed by atoms with Crippen LogP contribution in [0, 0.1) is 12.8 Å². The van der Waals surface area contributed by atoms with Crippen molar-refractivity contribution in [2.75, 3.05) is 33.4 Å². The molecule has 3 rings (SSSR count). The first-order valence-corrected chi connectivity index (χ1v) is 11.5. The Bertz CT molecular complexity index is 783. The van der Waals surface area contributed by atoms with Gasteiger partial charge >= 0.3 is 0 Å². The van der Waals surface area contributed by atoms with Crippen LogP contribution in [0.4, 0.5) is 0 Å². The van der Waals surface area contributed by atoms with E-state index in [0.717, 1.165) is 51.5 Å². The van der Waals surface area contributed by atoms with Crippen molar-refractivity contribution in [2.45, 2.75) is 45.3 Å². The number of benzene rings is 2. The van der Waals surface area contributed by atoms with E-state index in [0.29, 0.717) is 12.5 Å². The van der Waals surface area contributed by atoms with Gasteiger partial charge in [-0.05, 0) is 43.7 Å². The number of halogens is 1. The van der Waals surface area contributed by atoms with Gasteiger partial charge in [-0.3, -0.25) is 4.99 Å². The molecule has 0 bridgehead atoms. The van der Waals surface area contributed by atoms with Gasteiger partial charge in [-0.1, -0.05) is 60.2 Å². The van der Waals surface area contributed by atoms with Crippen LogP contribution in [0.3, 0.4) is 0 Å². The number of nitrogens with zero attached hydrogens (tertiary/aromatic N) is 1. The van der Waals surface area contributed by atoms with Crippen LogP contribution in [0.5, 0.6) is 0 Å².